The van der Waals surface area contributed by atoms with Crippen molar-refractivity contribution in [3.63, 3.8) is 0 Å². The van der Waals surface area contributed by atoms with Gasteiger partial charge in [-0.15, -0.1) is 0 Å². The van der Waals surface area contributed by atoms with E-state index in [0.717, 1.165) is 5.69 Å². The molecule has 0 radical (unpaired) electrons. The second kappa shape index (κ2) is 8.17. The number of aliphatic hydroxyl groups is 1. The van der Waals surface area contributed by atoms with Crippen LogP contribution in [0.15, 0.2) is 59.9 Å². The number of hydrogen-bond donors (Lipinski definition) is 1. The minimum atomic E-state index is -1.11. The minimum Gasteiger partial charge on any atom is -0.388 e. The number of nitrogens with zero attached hydrogens (tertiary/aromatic N) is 6. The van der Waals surface area contributed by atoms with Crippen LogP contribution in [0.4, 0.5) is 0 Å². The van der Waals surface area contributed by atoms with Gasteiger partial charge in [-0.25, -0.2) is 4.98 Å². The average molecular weight is 467 g/mol. The van der Waals surface area contributed by atoms with Crippen LogP contribution in [-0.2, 0) is 13.6 Å². The zero-order chi connectivity index (χ0) is 23.2. The van der Waals surface area contributed by atoms with Gasteiger partial charge in [0.05, 0.1) is 29.3 Å². The Balaban J connectivity index is 1.36. The highest BCUT2D eigenvalue weighted by Gasteiger charge is 2.35. The Morgan fingerprint density at radius 2 is 1.94 bits per heavy atom. The number of likely N-dealkylation sites (tertiary alicyclic amines) is 1. The van der Waals surface area contributed by atoms with Gasteiger partial charge in [-0.05, 0) is 31.0 Å². The molecule has 170 valence electrons. The van der Waals surface area contributed by atoms with Crippen LogP contribution in [0.5, 0.6) is 0 Å². The SMILES string of the molecule is Cn1cc(C(=O)N2CCC(O)(Cn3cnc4c(cc(Cl)n4-c4ccccc4)c3=O)CC2)cn1. The van der Waals surface area contributed by atoms with E-state index >= 15 is 0 Å². The molecule has 0 spiro atoms. The van der Waals surface area contributed by atoms with Crippen molar-refractivity contribution in [2.45, 2.75) is 25.0 Å². The molecule has 0 saturated carbocycles. The highest BCUT2D eigenvalue weighted by atomic mass is 35.5. The lowest BCUT2D eigenvalue weighted by molar-refractivity contribution is -0.0299. The molecule has 1 saturated heterocycles. The molecular weight excluding hydrogens is 444 g/mol. The second-order valence-electron chi connectivity index (χ2n) is 8.47. The highest BCUT2D eigenvalue weighted by Crippen LogP contribution is 2.27. The molecule has 4 aromatic rings. The van der Waals surface area contributed by atoms with Crippen molar-refractivity contribution >= 4 is 28.5 Å². The molecule has 10 heteroatoms. The Morgan fingerprint density at radius 3 is 2.61 bits per heavy atom. The monoisotopic (exact) mass is 466 g/mol. The van der Waals surface area contributed by atoms with Gasteiger partial charge in [0.2, 0.25) is 0 Å². The molecule has 33 heavy (non-hydrogen) atoms. The van der Waals surface area contributed by atoms with E-state index in [2.05, 4.69) is 10.1 Å². The summed E-state index contributed by atoms with van der Waals surface area (Å²) in [5, 5.41) is 16.0. The van der Waals surface area contributed by atoms with Crippen LogP contribution >= 0.6 is 11.6 Å². The lowest BCUT2D eigenvalue weighted by Crippen LogP contribution is -2.49. The van der Waals surface area contributed by atoms with Gasteiger partial charge >= 0.3 is 0 Å². The lowest BCUT2D eigenvalue weighted by Gasteiger charge is -2.38. The molecule has 1 amide bonds. The summed E-state index contributed by atoms with van der Waals surface area (Å²) >= 11 is 6.43. The summed E-state index contributed by atoms with van der Waals surface area (Å²) in [5.74, 6) is -0.109. The first-order valence-electron chi connectivity index (χ1n) is 10.7. The standard InChI is InChI=1S/C23H23ClN6O3/c1-27-13-16(12-26-27)21(31)28-9-7-23(33,8-10-28)14-29-15-25-20-18(22(29)32)11-19(24)30(20)17-5-3-2-4-6-17/h2-6,11-13,15,33H,7-10,14H2,1H3. The fraction of sp³-hybridized carbons (Fsp3) is 0.304. The number of hydrogen-bond acceptors (Lipinski definition) is 5. The van der Waals surface area contributed by atoms with Crippen molar-refractivity contribution in [1.82, 2.24) is 28.8 Å². The van der Waals surface area contributed by atoms with E-state index < -0.39 is 5.60 Å². The van der Waals surface area contributed by atoms with Crippen LogP contribution in [0.1, 0.15) is 23.2 Å². The zero-order valence-corrected chi connectivity index (χ0v) is 18.8. The van der Waals surface area contributed by atoms with Gasteiger partial charge in [-0.3, -0.25) is 23.4 Å². The van der Waals surface area contributed by atoms with Gasteiger partial charge in [-0.1, -0.05) is 29.8 Å². The molecule has 0 atom stereocenters. The third-order valence-corrected chi connectivity index (χ3v) is 6.43. The van der Waals surface area contributed by atoms with E-state index in [1.54, 1.807) is 33.5 Å². The quantitative estimate of drug-likeness (QED) is 0.497. The van der Waals surface area contributed by atoms with Crippen LogP contribution in [0.2, 0.25) is 5.15 Å². The maximum Gasteiger partial charge on any atom is 0.262 e. The summed E-state index contributed by atoms with van der Waals surface area (Å²) in [6.45, 7) is 0.882. The van der Waals surface area contributed by atoms with Crippen molar-refractivity contribution in [2.75, 3.05) is 13.1 Å². The number of rotatable bonds is 4. The Morgan fingerprint density at radius 1 is 1.21 bits per heavy atom. The molecule has 0 bridgehead atoms. The van der Waals surface area contributed by atoms with Gasteiger partial charge in [0, 0.05) is 32.0 Å². The molecule has 0 aliphatic carbocycles. The third kappa shape index (κ3) is 3.94. The van der Waals surface area contributed by atoms with Crippen molar-refractivity contribution < 1.29 is 9.90 Å². The number of carbonyl (C=O) groups excluding carboxylic acids is 1. The van der Waals surface area contributed by atoms with Gasteiger partial charge < -0.3 is 10.0 Å². The number of piperidine rings is 1. The topological polar surface area (TPSA) is 98.2 Å². The number of fused-ring (bicyclic) bond motifs is 1. The highest BCUT2D eigenvalue weighted by molar-refractivity contribution is 6.31. The van der Waals surface area contributed by atoms with E-state index in [1.807, 2.05) is 30.3 Å². The molecule has 0 unspecified atom stereocenters. The number of benzene rings is 1. The Bertz CT molecular complexity index is 1380. The molecule has 5 rings (SSSR count). The average Bonchev–Trinajstić information content (AvgIpc) is 3.39. The molecular formula is C23H23ClN6O3. The van der Waals surface area contributed by atoms with Crippen molar-refractivity contribution in [3.05, 3.63) is 76.2 Å². The number of para-hydroxylation sites is 1. The predicted octanol–water partition coefficient (Wildman–Crippen LogP) is 2.24. The van der Waals surface area contributed by atoms with E-state index in [4.69, 9.17) is 11.6 Å². The van der Waals surface area contributed by atoms with Crippen molar-refractivity contribution in [3.8, 4) is 5.69 Å². The minimum absolute atomic E-state index is 0.0951. The first-order valence-corrected chi connectivity index (χ1v) is 11.0. The van der Waals surface area contributed by atoms with Crippen LogP contribution in [0, 0.1) is 0 Å². The maximum atomic E-state index is 13.2. The van der Waals surface area contributed by atoms with Crippen LogP contribution in [0.25, 0.3) is 16.7 Å². The first kappa shape index (κ1) is 21.4. The number of aromatic nitrogens is 5. The summed E-state index contributed by atoms with van der Waals surface area (Å²) < 4.78 is 4.73. The second-order valence-corrected chi connectivity index (χ2v) is 8.86. The number of aryl methyl sites for hydroxylation is 1. The Kier molecular flexibility index (Phi) is 5.30. The molecule has 1 aliphatic heterocycles. The first-order chi connectivity index (χ1) is 15.8. The molecule has 1 aromatic carbocycles. The van der Waals surface area contributed by atoms with E-state index in [0.29, 0.717) is 47.7 Å². The fourth-order valence-electron chi connectivity index (χ4n) is 4.34. The maximum absolute atomic E-state index is 13.2. The van der Waals surface area contributed by atoms with E-state index in [1.165, 1.54) is 17.1 Å². The number of halogens is 1. The molecule has 9 nitrogen and oxygen atoms in total. The molecule has 1 N–H and O–H groups in total. The molecule has 4 heterocycles. The zero-order valence-electron chi connectivity index (χ0n) is 18.1. The Labute approximate surface area is 194 Å². The lowest BCUT2D eigenvalue weighted by atomic mass is 9.91. The van der Waals surface area contributed by atoms with Crippen LogP contribution < -0.4 is 5.56 Å². The summed E-state index contributed by atoms with van der Waals surface area (Å²) in [6, 6.07) is 11.1. The van der Waals surface area contributed by atoms with E-state index in [9.17, 15) is 14.7 Å². The van der Waals surface area contributed by atoms with Gasteiger partial charge in [0.15, 0.2) is 5.65 Å². The van der Waals surface area contributed by atoms with Crippen LogP contribution in [0.3, 0.4) is 0 Å². The van der Waals surface area contributed by atoms with Crippen LogP contribution in [-0.4, -0.2) is 58.5 Å². The summed E-state index contributed by atoms with van der Waals surface area (Å²) in [5.41, 5.74) is 0.423. The molecule has 1 aliphatic rings. The fourth-order valence-corrected chi connectivity index (χ4v) is 4.62. The predicted molar refractivity (Wildman–Crippen MR) is 124 cm³/mol. The van der Waals surface area contributed by atoms with Gasteiger partial charge in [0.1, 0.15) is 11.5 Å². The molecule has 3 aromatic heterocycles. The number of carbonyl (C=O) groups is 1. The normalized spacial score (nSPS) is 15.8. The van der Waals surface area contributed by atoms with Crippen molar-refractivity contribution in [1.29, 1.82) is 0 Å². The smallest absolute Gasteiger partial charge is 0.262 e. The van der Waals surface area contributed by atoms with E-state index in [-0.39, 0.29) is 18.0 Å². The summed E-state index contributed by atoms with van der Waals surface area (Å²) in [7, 11) is 1.76. The third-order valence-electron chi connectivity index (χ3n) is 6.15. The molecule has 1 fully saturated rings. The van der Waals surface area contributed by atoms with Gasteiger partial charge in [0.25, 0.3) is 11.5 Å². The summed E-state index contributed by atoms with van der Waals surface area (Å²) in [6.07, 6.45) is 5.38. The summed E-state index contributed by atoms with van der Waals surface area (Å²) in [4.78, 5) is 32.0. The largest absolute Gasteiger partial charge is 0.388 e. The van der Waals surface area contributed by atoms with Gasteiger partial charge in [-0.2, -0.15) is 5.10 Å². The number of amides is 1. The van der Waals surface area contributed by atoms with Crippen molar-refractivity contribution in [2.24, 2.45) is 7.05 Å². The Hall–Kier alpha value is -3.43.